The van der Waals surface area contributed by atoms with Crippen LogP contribution >= 0.6 is 0 Å². The minimum Gasteiger partial charge on any atom is -0.419 e. The van der Waals surface area contributed by atoms with Crippen LogP contribution in [0.4, 0.5) is 11.7 Å². The SMILES string of the molecule is Nc1oc2cncn2c1N. The maximum absolute atomic E-state index is 5.49. The molecule has 2 aromatic rings. The first kappa shape index (κ1) is 5.16. The Morgan fingerprint density at radius 2 is 2.30 bits per heavy atom. The van der Waals surface area contributed by atoms with Crippen LogP contribution in [0, 0.1) is 0 Å². The molecule has 2 aromatic heterocycles. The van der Waals surface area contributed by atoms with Gasteiger partial charge in [0.2, 0.25) is 11.6 Å². The Kier molecular flexibility index (Phi) is 0.743. The van der Waals surface area contributed by atoms with E-state index in [1.807, 2.05) is 0 Å². The van der Waals surface area contributed by atoms with Gasteiger partial charge in [0, 0.05) is 0 Å². The Morgan fingerprint density at radius 1 is 1.50 bits per heavy atom. The summed E-state index contributed by atoms with van der Waals surface area (Å²) >= 11 is 0. The highest BCUT2D eigenvalue weighted by Gasteiger charge is 2.05. The summed E-state index contributed by atoms with van der Waals surface area (Å²) in [7, 11) is 0. The smallest absolute Gasteiger partial charge is 0.234 e. The van der Waals surface area contributed by atoms with Crippen LogP contribution in [0.25, 0.3) is 5.71 Å². The normalized spacial score (nSPS) is 10.8. The molecule has 4 N–H and O–H groups in total. The number of nitrogens with zero attached hydrogens (tertiary/aromatic N) is 2. The topological polar surface area (TPSA) is 82.5 Å². The van der Waals surface area contributed by atoms with Crippen LogP contribution < -0.4 is 11.5 Å². The third kappa shape index (κ3) is 0.439. The Hall–Kier alpha value is -1.65. The van der Waals surface area contributed by atoms with Gasteiger partial charge in [0.05, 0.1) is 6.20 Å². The van der Waals surface area contributed by atoms with Gasteiger partial charge in [0.25, 0.3) is 0 Å². The first-order valence-electron chi connectivity index (χ1n) is 2.75. The van der Waals surface area contributed by atoms with Crippen molar-refractivity contribution in [1.29, 1.82) is 0 Å². The minimum absolute atomic E-state index is 0.234. The zero-order chi connectivity index (χ0) is 7.14. The molecule has 0 saturated carbocycles. The highest BCUT2D eigenvalue weighted by molar-refractivity contribution is 5.58. The Morgan fingerprint density at radius 3 is 3.00 bits per heavy atom. The molecule has 0 saturated heterocycles. The lowest BCUT2D eigenvalue weighted by atomic mass is 10.7. The summed E-state index contributed by atoms with van der Waals surface area (Å²) in [6, 6.07) is 0. The van der Waals surface area contributed by atoms with E-state index in [0.717, 1.165) is 0 Å². The number of imidazole rings is 1. The fourth-order valence-corrected chi connectivity index (χ4v) is 0.823. The molecular formula is C5H6N4O. The van der Waals surface area contributed by atoms with E-state index in [1.54, 1.807) is 16.9 Å². The molecule has 0 aliphatic rings. The van der Waals surface area contributed by atoms with Gasteiger partial charge in [-0.15, -0.1) is 0 Å². The van der Waals surface area contributed by atoms with E-state index < -0.39 is 0 Å². The van der Waals surface area contributed by atoms with Crippen molar-refractivity contribution < 1.29 is 4.42 Å². The molecule has 5 heteroatoms. The summed E-state index contributed by atoms with van der Waals surface area (Å²) in [4.78, 5) is 3.80. The van der Waals surface area contributed by atoms with Crippen molar-refractivity contribution in [2.45, 2.75) is 0 Å². The average molecular weight is 138 g/mol. The zero-order valence-corrected chi connectivity index (χ0v) is 5.11. The van der Waals surface area contributed by atoms with Crippen molar-refractivity contribution in [1.82, 2.24) is 9.38 Å². The Bertz CT molecular complexity index is 360. The Balaban J connectivity index is 2.95. The second kappa shape index (κ2) is 1.44. The molecule has 0 bridgehead atoms. The molecule has 0 aliphatic carbocycles. The number of nitrogen functional groups attached to an aromatic ring is 2. The number of fused-ring (bicyclic) bond motifs is 1. The van der Waals surface area contributed by atoms with Gasteiger partial charge in [-0.3, -0.25) is 4.40 Å². The van der Waals surface area contributed by atoms with E-state index in [9.17, 15) is 0 Å². The summed E-state index contributed by atoms with van der Waals surface area (Å²) in [6.07, 6.45) is 3.09. The van der Waals surface area contributed by atoms with Gasteiger partial charge >= 0.3 is 0 Å². The third-order valence-electron chi connectivity index (χ3n) is 1.33. The number of hydrogen-bond acceptors (Lipinski definition) is 4. The van der Waals surface area contributed by atoms with Crippen LogP contribution in [0.2, 0.25) is 0 Å². The van der Waals surface area contributed by atoms with Crippen LogP contribution in [0.1, 0.15) is 0 Å². The molecule has 52 valence electrons. The molecule has 0 aromatic carbocycles. The summed E-state index contributed by atoms with van der Waals surface area (Å²) in [5.41, 5.74) is 11.4. The first-order chi connectivity index (χ1) is 4.79. The maximum Gasteiger partial charge on any atom is 0.234 e. The molecule has 5 nitrogen and oxygen atoms in total. The summed E-state index contributed by atoms with van der Waals surface area (Å²) in [5, 5.41) is 0. The molecule has 2 rings (SSSR count). The largest absolute Gasteiger partial charge is 0.419 e. The predicted octanol–water partition coefficient (Wildman–Crippen LogP) is 0.0917. The third-order valence-corrected chi connectivity index (χ3v) is 1.33. The summed E-state index contributed by atoms with van der Waals surface area (Å²) < 4.78 is 6.57. The number of aromatic nitrogens is 2. The van der Waals surface area contributed by atoms with Crippen LogP contribution in [-0.2, 0) is 0 Å². The van der Waals surface area contributed by atoms with Crippen molar-refractivity contribution in [3.05, 3.63) is 12.5 Å². The number of oxazole rings is 1. The Labute approximate surface area is 56.2 Å². The van der Waals surface area contributed by atoms with Crippen LogP contribution in [0.15, 0.2) is 16.9 Å². The van der Waals surface area contributed by atoms with Gasteiger partial charge in [-0.25, -0.2) is 4.98 Å². The van der Waals surface area contributed by atoms with Crippen molar-refractivity contribution >= 4 is 17.4 Å². The second-order valence-electron chi connectivity index (χ2n) is 1.95. The fourth-order valence-electron chi connectivity index (χ4n) is 0.823. The lowest BCUT2D eigenvalue weighted by Gasteiger charge is -1.84. The van der Waals surface area contributed by atoms with E-state index >= 15 is 0 Å². The number of nitrogens with two attached hydrogens (primary N) is 2. The zero-order valence-electron chi connectivity index (χ0n) is 5.11. The van der Waals surface area contributed by atoms with Gasteiger partial charge in [-0.1, -0.05) is 0 Å². The second-order valence-corrected chi connectivity index (χ2v) is 1.95. The minimum atomic E-state index is 0.234. The monoisotopic (exact) mass is 138 g/mol. The van der Waals surface area contributed by atoms with Crippen LogP contribution in [-0.4, -0.2) is 9.38 Å². The van der Waals surface area contributed by atoms with Crippen molar-refractivity contribution in [3.8, 4) is 0 Å². The average Bonchev–Trinajstić information content (AvgIpc) is 2.41. The lowest BCUT2D eigenvalue weighted by molar-refractivity contribution is 0.629. The van der Waals surface area contributed by atoms with Gasteiger partial charge < -0.3 is 15.9 Å². The lowest BCUT2D eigenvalue weighted by Crippen LogP contribution is -1.93. The fraction of sp³-hybridized carbons (Fsp3) is 0. The quantitative estimate of drug-likeness (QED) is 0.540. The maximum atomic E-state index is 5.49. The summed E-state index contributed by atoms with van der Waals surface area (Å²) in [5.74, 6) is 0.630. The van der Waals surface area contributed by atoms with Crippen LogP contribution in [0.5, 0.6) is 0 Å². The van der Waals surface area contributed by atoms with Gasteiger partial charge in [0.1, 0.15) is 6.33 Å². The van der Waals surface area contributed by atoms with Gasteiger partial charge in [-0.2, -0.15) is 0 Å². The molecule has 2 heterocycles. The summed E-state index contributed by atoms with van der Waals surface area (Å²) in [6.45, 7) is 0. The molecular weight excluding hydrogens is 132 g/mol. The molecule has 0 aliphatic heterocycles. The molecule has 0 radical (unpaired) electrons. The van der Waals surface area contributed by atoms with E-state index in [4.69, 9.17) is 15.9 Å². The van der Waals surface area contributed by atoms with E-state index in [2.05, 4.69) is 4.98 Å². The molecule has 0 fully saturated rings. The van der Waals surface area contributed by atoms with Crippen molar-refractivity contribution in [3.63, 3.8) is 0 Å². The van der Waals surface area contributed by atoms with E-state index in [0.29, 0.717) is 11.5 Å². The number of hydrogen-bond donors (Lipinski definition) is 2. The molecule has 0 unspecified atom stereocenters. The van der Waals surface area contributed by atoms with Gasteiger partial charge in [0.15, 0.2) is 5.82 Å². The number of anilines is 2. The molecule has 0 amide bonds. The van der Waals surface area contributed by atoms with E-state index in [1.165, 1.54) is 0 Å². The molecule has 0 spiro atoms. The first-order valence-corrected chi connectivity index (χ1v) is 2.75. The molecule has 10 heavy (non-hydrogen) atoms. The molecule has 0 atom stereocenters. The van der Waals surface area contributed by atoms with Gasteiger partial charge in [-0.05, 0) is 0 Å². The van der Waals surface area contributed by atoms with Crippen molar-refractivity contribution in [2.75, 3.05) is 11.5 Å². The van der Waals surface area contributed by atoms with Crippen molar-refractivity contribution in [2.24, 2.45) is 0 Å². The van der Waals surface area contributed by atoms with E-state index in [-0.39, 0.29) is 5.88 Å². The highest BCUT2D eigenvalue weighted by atomic mass is 16.4. The highest BCUT2D eigenvalue weighted by Crippen LogP contribution is 2.19. The predicted molar refractivity (Wildman–Crippen MR) is 36.3 cm³/mol. The number of rotatable bonds is 0. The standard InChI is InChI=1S/C5H6N4O/c6-4-5(7)10-3-1-8-2-9(3)4/h1-2H,6-7H2. The van der Waals surface area contributed by atoms with Crippen LogP contribution in [0.3, 0.4) is 0 Å².